The first-order valence-corrected chi connectivity index (χ1v) is 9.50. The number of aryl methyl sites for hydroxylation is 1. The molecule has 0 saturated carbocycles. The Morgan fingerprint density at radius 3 is 2.38 bits per heavy atom. The second kappa shape index (κ2) is 6.36. The molecule has 0 aliphatic carbocycles. The highest BCUT2D eigenvalue weighted by molar-refractivity contribution is 9.11. The molecule has 0 amide bonds. The molecule has 0 fully saturated rings. The predicted octanol–water partition coefficient (Wildman–Crippen LogP) is 5.22. The van der Waals surface area contributed by atoms with Gasteiger partial charge in [-0.05, 0) is 58.7 Å². The van der Waals surface area contributed by atoms with E-state index in [0.717, 1.165) is 5.56 Å². The van der Waals surface area contributed by atoms with Crippen LogP contribution in [0.25, 0.3) is 0 Å². The third-order valence-electron chi connectivity index (χ3n) is 2.68. The van der Waals surface area contributed by atoms with E-state index in [1.165, 1.54) is 24.3 Å². The van der Waals surface area contributed by atoms with Crippen LogP contribution in [0.1, 0.15) is 5.56 Å². The van der Waals surface area contributed by atoms with Gasteiger partial charge < -0.3 is 0 Å². The molecule has 2 aromatic carbocycles. The monoisotopic (exact) mass is 499 g/mol. The van der Waals surface area contributed by atoms with Crippen molar-refractivity contribution in [2.45, 2.75) is 11.8 Å². The van der Waals surface area contributed by atoms with Crippen molar-refractivity contribution in [3.8, 4) is 0 Å². The summed E-state index contributed by atoms with van der Waals surface area (Å²) >= 11 is 9.69. The van der Waals surface area contributed by atoms with E-state index in [-0.39, 0.29) is 10.6 Å². The van der Waals surface area contributed by atoms with Gasteiger partial charge in [0.05, 0.1) is 5.69 Å². The summed E-state index contributed by atoms with van der Waals surface area (Å²) in [5.41, 5.74) is 0.766. The fourth-order valence-electron chi connectivity index (χ4n) is 1.61. The molecule has 3 nitrogen and oxygen atoms in total. The van der Waals surface area contributed by atoms with Gasteiger partial charge in [-0.1, -0.05) is 31.9 Å². The third kappa shape index (κ3) is 3.85. The Morgan fingerprint density at radius 2 is 1.71 bits per heavy atom. The van der Waals surface area contributed by atoms with Crippen LogP contribution in [0.3, 0.4) is 0 Å². The predicted molar refractivity (Wildman–Crippen MR) is 91.5 cm³/mol. The first-order valence-electron chi connectivity index (χ1n) is 5.64. The Hall–Kier alpha value is -0.440. The van der Waals surface area contributed by atoms with Crippen molar-refractivity contribution < 1.29 is 12.8 Å². The van der Waals surface area contributed by atoms with Crippen LogP contribution < -0.4 is 4.72 Å². The van der Waals surface area contributed by atoms with Crippen molar-refractivity contribution in [3.05, 3.63) is 55.1 Å². The maximum absolute atomic E-state index is 13.7. The molecule has 0 aliphatic rings. The van der Waals surface area contributed by atoms with Crippen molar-refractivity contribution in [1.29, 1.82) is 0 Å². The topological polar surface area (TPSA) is 46.2 Å². The highest BCUT2D eigenvalue weighted by Crippen LogP contribution is 2.31. The van der Waals surface area contributed by atoms with Gasteiger partial charge in [-0.25, -0.2) is 12.8 Å². The SMILES string of the molecule is Cc1cc(Br)c(S(=O)(=O)Nc2cc(Br)ccc2F)cc1Br. The minimum Gasteiger partial charge on any atom is -0.277 e. The summed E-state index contributed by atoms with van der Waals surface area (Å²) in [6.45, 7) is 1.84. The number of benzene rings is 2. The lowest BCUT2D eigenvalue weighted by Gasteiger charge is -2.12. The molecule has 0 saturated heterocycles. The van der Waals surface area contributed by atoms with Gasteiger partial charge in [0.1, 0.15) is 10.7 Å². The van der Waals surface area contributed by atoms with E-state index in [9.17, 15) is 12.8 Å². The van der Waals surface area contributed by atoms with E-state index in [2.05, 4.69) is 52.5 Å². The second-order valence-corrected chi connectivity index (χ2v) is 8.54. The number of sulfonamides is 1. The lowest BCUT2D eigenvalue weighted by Crippen LogP contribution is -2.14. The fraction of sp³-hybridized carbons (Fsp3) is 0.0769. The molecule has 0 radical (unpaired) electrons. The van der Waals surface area contributed by atoms with Crippen LogP contribution in [0.15, 0.2) is 48.6 Å². The lowest BCUT2D eigenvalue weighted by molar-refractivity contribution is 0.598. The Bertz CT molecular complexity index is 809. The van der Waals surface area contributed by atoms with E-state index < -0.39 is 15.8 Å². The number of hydrogen-bond donors (Lipinski definition) is 1. The molecule has 0 atom stereocenters. The average molecular weight is 502 g/mol. The van der Waals surface area contributed by atoms with Gasteiger partial charge >= 0.3 is 0 Å². The lowest BCUT2D eigenvalue weighted by atomic mass is 10.2. The minimum absolute atomic E-state index is 0.0272. The van der Waals surface area contributed by atoms with Crippen LogP contribution in [0.5, 0.6) is 0 Å². The van der Waals surface area contributed by atoms with E-state index in [1.807, 2.05) is 6.92 Å². The van der Waals surface area contributed by atoms with E-state index in [1.54, 1.807) is 6.07 Å². The molecule has 0 spiro atoms. The van der Waals surface area contributed by atoms with Gasteiger partial charge in [-0.15, -0.1) is 0 Å². The first kappa shape index (κ1) is 16.9. The third-order valence-corrected chi connectivity index (χ3v) is 6.35. The zero-order valence-corrected chi connectivity index (χ0v) is 16.2. The van der Waals surface area contributed by atoms with Crippen molar-refractivity contribution in [3.63, 3.8) is 0 Å². The van der Waals surface area contributed by atoms with Gasteiger partial charge in [0.15, 0.2) is 0 Å². The van der Waals surface area contributed by atoms with Crippen LogP contribution in [0.2, 0.25) is 0 Å². The summed E-state index contributed by atoms with van der Waals surface area (Å²) < 4.78 is 42.4. The Balaban J connectivity index is 2.48. The molecule has 21 heavy (non-hydrogen) atoms. The highest BCUT2D eigenvalue weighted by Gasteiger charge is 2.20. The Labute approximate surface area is 147 Å². The molecule has 2 aromatic rings. The minimum atomic E-state index is -3.91. The zero-order chi connectivity index (χ0) is 15.8. The van der Waals surface area contributed by atoms with Crippen LogP contribution in [0, 0.1) is 12.7 Å². The van der Waals surface area contributed by atoms with Crippen molar-refractivity contribution in [2.75, 3.05) is 4.72 Å². The number of nitrogens with one attached hydrogen (secondary N) is 1. The quantitative estimate of drug-likeness (QED) is 0.626. The first-order chi connectivity index (χ1) is 9.70. The van der Waals surface area contributed by atoms with Gasteiger partial charge in [-0.2, -0.15) is 0 Å². The second-order valence-electron chi connectivity index (χ2n) is 4.26. The average Bonchev–Trinajstić information content (AvgIpc) is 2.37. The van der Waals surface area contributed by atoms with Gasteiger partial charge in [0, 0.05) is 13.4 Å². The number of rotatable bonds is 3. The normalized spacial score (nSPS) is 11.5. The molecule has 112 valence electrons. The van der Waals surface area contributed by atoms with Gasteiger partial charge in [-0.3, -0.25) is 4.72 Å². The van der Waals surface area contributed by atoms with Crippen molar-refractivity contribution >= 4 is 63.5 Å². The Morgan fingerprint density at radius 1 is 1.05 bits per heavy atom. The largest absolute Gasteiger partial charge is 0.277 e. The summed E-state index contributed by atoms with van der Waals surface area (Å²) in [4.78, 5) is 0.0272. The molecule has 0 bridgehead atoms. The number of hydrogen-bond acceptors (Lipinski definition) is 2. The summed E-state index contributed by atoms with van der Waals surface area (Å²) in [5, 5.41) is 0. The van der Waals surface area contributed by atoms with Crippen molar-refractivity contribution in [2.24, 2.45) is 0 Å². The molecule has 8 heteroatoms. The molecule has 0 unspecified atom stereocenters. The smallest absolute Gasteiger partial charge is 0.263 e. The molecule has 2 rings (SSSR count). The molecule has 0 heterocycles. The zero-order valence-electron chi connectivity index (χ0n) is 10.6. The fourth-order valence-corrected chi connectivity index (χ4v) is 4.71. The summed E-state index contributed by atoms with van der Waals surface area (Å²) in [5.74, 6) is -0.649. The van der Waals surface area contributed by atoms with E-state index in [4.69, 9.17) is 0 Å². The molecule has 0 aromatic heterocycles. The molecular formula is C13H9Br3FNO2S. The van der Waals surface area contributed by atoms with Crippen LogP contribution in [-0.2, 0) is 10.0 Å². The summed E-state index contributed by atoms with van der Waals surface area (Å²) in [6.07, 6.45) is 0. The van der Waals surface area contributed by atoms with Crippen LogP contribution >= 0.6 is 47.8 Å². The highest BCUT2D eigenvalue weighted by atomic mass is 79.9. The van der Waals surface area contributed by atoms with Gasteiger partial charge in [0.25, 0.3) is 10.0 Å². The van der Waals surface area contributed by atoms with Crippen molar-refractivity contribution in [1.82, 2.24) is 0 Å². The van der Waals surface area contributed by atoms with Crippen LogP contribution in [0.4, 0.5) is 10.1 Å². The van der Waals surface area contributed by atoms with Crippen LogP contribution in [-0.4, -0.2) is 8.42 Å². The molecular weight excluding hydrogens is 493 g/mol. The summed E-state index contributed by atoms with van der Waals surface area (Å²) in [6, 6.07) is 7.19. The molecule has 0 aliphatic heterocycles. The maximum atomic E-state index is 13.7. The Kier molecular flexibility index (Phi) is 5.12. The summed E-state index contributed by atoms with van der Waals surface area (Å²) in [7, 11) is -3.91. The number of anilines is 1. The molecule has 1 N–H and O–H groups in total. The standard InChI is InChI=1S/C13H9Br3FNO2S/c1-7-4-10(16)13(6-9(7)15)21(19,20)18-12-5-8(14)2-3-11(12)17/h2-6,18H,1H3. The van der Waals surface area contributed by atoms with E-state index in [0.29, 0.717) is 13.4 Å². The van der Waals surface area contributed by atoms with Gasteiger partial charge in [0.2, 0.25) is 0 Å². The maximum Gasteiger partial charge on any atom is 0.263 e. The van der Waals surface area contributed by atoms with E-state index >= 15 is 0 Å². The number of halogens is 4.